The van der Waals surface area contributed by atoms with Crippen molar-refractivity contribution in [3.05, 3.63) is 39.4 Å². The Hall–Kier alpha value is -2.22. The maximum Gasteiger partial charge on any atom is 0.269 e. The van der Waals surface area contributed by atoms with Crippen molar-refractivity contribution in [2.45, 2.75) is 6.61 Å². The number of rotatable bonds is 5. The number of nitro groups is 1. The number of nitro benzene ring substituents is 1. The van der Waals surface area contributed by atoms with E-state index in [1.54, 1.807) is 19.2 Å². The molecule has 0 radical (unpaired) electrons. The summed E-state index contributed by atoms with van der Waals surface area (Å²) in [6.07, 6.45) is 0. The van der Waals surface area contributed by atoms with Crippen molar-refractivity contribution >= 4 is 22.2 Å². The van der Waals surface area contributed by atoms with Crippen LogP contribution in [0.3, 0.4) is 0 Å². The van der Waals surface area contributed by atoms with Crippen LogP contribution >= 0.6 is 11.3 Å². The predicted molar refractivity (Wildman–Crippen MR) is 66.9 cm³/mol. The van der Waals surface area contributed by atoms with Gasteiger partial charge in [0.1, 0.15) is 12.4 Å². The molecule has 0 fully saturated rings. The van der Waals surface area contributed by atoms with Crippen molar-refractivity contribution in [2.24, 2.45) is 0 Å². The first kappa shape index (κ1) is 12.2. The van der Waals surface area contributed by atoms with Crippen LogP contribution in [0.4, 0.5) is 10.8 Å². The lowest BCUT2D eigenvalue weighted by molar-refractivity contribution is -0.384. The van der Waals surface area contributed by atoms with E-state index in [1.165, 1.54) is 23.5 Å². The van der Waals surface area contributed by atoms with Crippen LogP contribution in [-0.4, -0.2) is 22.2 Å². The number of hydrogen-bond acceptors (Lipinski definition) is 7. The van der Waals surface area contributed by atoms with Crippen molar-refractivity contribution in [3.8, 4) is 5.75 Å². The standard InChI is InChI=1S/C10H10N4O3S/c1-11-10-13-12-9(18-10)6-17-8-4-2-7(3-5-8)14(15)16/h2-5H,6H2,1H3,(H,11,13). The molecule has 94 valence electrons. The molecule has 1 aromatic carbocycles. The van der Waals surface area contributed by atoms with Gasteiger partial charge in [0.2, 0.25) is 5.13 Å². The number of aromatic nitrogens is 2. The number of benzene rings is 1. The Kier molecular flexibility index (Phi) is 3.68. The van der Waals surface area contributed by atoms with Gasteiger partial charge >= 0.3 is 0 Å². The van der Waals surface area contributed by atoms with Crippen LogP contribution in [0.15, 0.2) is 24.3 Å². The monoisotopic (exact) mass is 266 g/mol. The first-order chi connectivity index (χ1) is 8.69. The van der Waals surface area contributed by atoms with Gasteiger partial charge in [0.15, 0.2) is 5.01 Å². The van der Waals surface area contributed by atoms with Crippen LogP contribution < -0.4 is 10.1 Å². The summed E-state index contributed by atoms with van der Waals surface area (Å²) in [6.45, 7) is 0.289. The average Bonchev–Trinajstić information content (AvgIpc) is 2.85. The van der Waals surface area contributed by atoms with Crippen molar-refractivity contribution in [1.82, 2.24) is 10.2 Å². The van der Waals surface area contributed by atoms with Gasteiger partial charge < -0.3 is 10.1 Å². The van der Waals surface area contributed by atoms with Crippen LogP contribution in [0, 0.1) is 10.1 Å². The van der Waals surface area contributed by atoms with Crippen LogP contribution in [0.2, 0.25) is 0 Å². The molecule has 1 N–H and O–H groups in total. The summed E-state index contributed by atoms with van der Waals surface area (Å²) in [7, 11) is 1.77. The van der Waals surface area contributed by atoms with E-state index in [9.17, 15) is 10.1 Å². The summed E-state index contributed by atoms with van der Waals surface area (Å²) in [5.41, 5.74) is 0.0377. The fourth-order valence-corrected chi connectivity index (χ4v) is 1.83. The Morgan fingerprint density at radius 2 is 2.11 bits per heavy atom. The Morgan fingerprint density at radius 1 is 1.39 bits per heavy atom. The van der Waals surface area contributed by atoms with Gasteiger partial charge in [-0.2, -0.15) is 0 Å². The molecule has 0 aliphatic rings. The lowest BCUT2D eigenvalue weighted by Crippen LogP contribution is -1.95. The normalized spacial score (nSPS) is 10.1. The first-order valence-electron chi connectivity index (χ1n) is 5.06. The number of nitrogens with one attached hydrogen (secondary N) is 1. The molecule has 0 amide bonds. The number of anilines is 1. The van der Waals surface area contributed by atoms with E-state index in [1.807, 2.05) is 0 Å². The van der Waals surface area contributed by atoms with Gasteiger partial charge in [-0.25, -0.2) is 0 Å². The highest BCUT2D eigenvalue weighted by molar-refractivity contribution is 7.15. The van der Waals surface area contributed by atoms with Gasteiger partial charge in [-0.05, 0) is 12.1 Å². The van der Waals surface area contributed by atoms with Crippen LogP contribution in [-0.2, 0) is 6.61 Å². The summed E-state index contributed by atoms with van der Waals surface area (Å²) < 4.78 is 5.44. The zero-order valence-corrected chi connectivity index (χ0v) is 10.3. The third-order valence-electron chi connectivity index (χ3n) is 2.09. The molecule has 0 bridgehead atoms. The molecule has 1 heterocycles. The van der Waals surface area contributed by atoms with E-state index in [-0.39, 0.29) is 12.3 Å². The third-order valence-corrected chi connectivity index (χ3v) is 3.00. The molecule has 2 aromatic rings. The molecule has 0 saturated heterocycles. The molecule has 7 nitrogen and oxygen atoms in total. The largest absolute Gasteiger partial charge is 0.486 e. The van der Waals surface area contributed by atoms with E-state index in [2.05, 4.69) is 15.5 Å². The van der Waals surface area contributed by atoms with Crippen molar-refractivity contribution in [3.63, 3.8) is 0 Å². The van der Waals surface area contributed by atoms with Gasteiger partial charge in [-0.3, -0.25) is 10.1 Å². The minimum Gasteiger partial charge on any atom is -0.486 e. The molecule has 8 heteroatoms. The van der Waals surface area contributed by atoms with Crippen molar-refractivity contribution in [1.29, 1.82) is 0 Å². The second-order valence-corrected chi connectivity index (χ2v) is 4.35. The van der Waals surface area contributed by atoms with E-state index >= 15 is 0 Å². The van der Waals surface area contributed by atoms with Crippen molar-refractivity contribution in [2.75, 3.05) is 12.4 Å². The van der Waals surface area contributed by atoms with Gasteiger partial charge in [0, 0.05) is 19.2 Å². The topological polar surface area (TPSA) is 90.2 Å². The van der Waals surface area contributed by atoms with Gasteiger partial charge in [0.05, 0.1) is 4.92 Å². The molecular weight excluding hydrogens is 256 g/mol. The average molecular weight is 266 g/mol. The summed E-state index contributed by atoms with van der Waals surface area (Å²) in [5.74, 6) is 0.557. The minimum absolute atomic E-state index is 0.0377. The molecule has 18 heavy (non-hydrogen) atoms. The van der Waals surface area contributed by atoms with Gasteiger partial charge in [0.25, 0.3) is 5.69 Å². The molecule has 0 unspecified atom stereocenters. The summed E-state index contributed by atoms with van der Waals surface area (Å²) in [4.78, 5) is 10.0. The second kappa shape index (κ2) is 5.41. The first-order valence-corrected chi connectivity index (χ1v) is 5.88. The lowest BCUT2D eigenvalue weighted by Gasteiger charge is -2.02. The van der Waals surface area contributed by atoms with E-state index in [0.717, 1.165) is 10.1 Å². The van der Waals surface area contributed by atoms with Gasteiger partial charge in [-0.15, -0.1) is 10.2 Å². The third kappa shape index (κ3) is 2.92. The Balaban J connectivity index is 1.95. The zero-order chi connectivity index (χ0) is 13.0. The number of non-ortho nitro benzene ring substituents is 1. The Bertz CT molecular complexity index is 540. The van der Waals surface area contributed by atoms with Crippen LogP contribution in [0.25, 0.3) is 0 Å². The molecule has 0 aliphatic carbocycles. The Morgan fingerprint density at radius 3 is 2.67 bits per heavy atom. The highest BCUT2D eigenvalue weighted by Crippen LogP contribution is 2.20. The van der Waals surface area contributed by atoms with E-state index in [4.69, 9.17) is 4.74 Å². The number of ether oxygens (including phenoxy) is 1. The van der Waals surface area contributed by atoms with Crippen molar-refractivity contribution < 1.29 is 9.66 Å². The number of nitrogens with zero attached hydrogens (tertiary/aromatic N) is 3. The maximum absolute atomic E-state index is 10.5. The highest BCUT2D eigenvalue weighted by Gasteiger charge is 2.06. The minimum atomic E-state index is -0.451. The molecule has 1 aromatic heterocycles. The summed E-state index contributed by atoms with van der Waals surface area (Å²) >= 11 is 1.39. The van der Waals surface area contributed by atoms with Gasteiger partial charge in [-0.1, -0.05) is 11.3 Å². The predicted octanol–water partition coefficient (Wildman–Crippen LogP) is 2.07. The zero-order valence-electron chi connectivity index (χ0n) is 9.49. The Labute approximate surface area is 107 Å². The molecule has 2 rings (SSSR count). The van der Waals surface area contributed by atoms with E-state index < -0.39 is 4.92 Å². The molecule has 0 atom stereocenters. The van der Waals surface area contributed by atoms with E-state index in [0.29, 0.717) is 5.75 Å². The summed E-state index contributed by atoms with van der Waals surface area (Å²) in [6, 6.07) is 5.90. The second-order valence-electron chi connectivity index (χ2n) is 3.29. The molecule has 0 aliphatic heterocycles. The number of hydrogen-bond donors (Lipinski definition) is 1. The fraction of sp³-hybridized carbons (Fsp3) is 0.200. The smallest absolute Gasteiger partial charge is 0.269 e. The van der Waals surface area contributed by atoms with Crippen LogP contribution in [0.1, 0.15) is 5.01 Å². The summed E-state index contributed by atoms with van der Waals surface area (Å²) in [5, 5.41) is 22.6. The maximum atomic E-state index is 10.5. The SMILES string of the molecule is CNc1nnc(COc2ccc([N+](=O)[O-])cc2)s1. The quantitative estimate of drug-likeness (QED) is 0.658. The van der Waals surface area contributed by atoms with Crippen LogP contribution in [0.5, 0.6) is 5.75 Å². The fourth-order valence-electron chi connectivity index (χ4n) is 1.22. The molecule has 0 saturated carbocycles. The molecular formula is C10H10N4O3S. The highest BCUT2D eigenvalue weighted by atomic mass is 32.1. The lowest BCUT2D eigenvalue weighted by atomic mass is 10.3. The molecule has 0 spiro atoms.